The minimum Gasteiger partial charge on any atom is -0.495 e. The summed E-state index contributed by atoms with van der Waals surface area (Å²) in [6.07, 6.45) is 0. The maximum atomic E-state index is 11.4. The maximum absolute atomic E-state index is 11.4. The van der Waals surface area contributed by atoms with E-state index in [4.69, 9.17) is 4.74 Å². The molecule has 1 heterocycles. The smallest absolute Gasteiger partial charge is 0.351 e. The Bertz CT molecular complexity index is 421. The third-order valence-corrected chi connectivity index (χ3v) is 3.27. The van der Waals surface area contributed by atoms with Crippen LogP contribution in [0, 0.1) is 6.92 Å². The Morgan fingerprint density at radius 1 is 1.00 bits per heavy atom. The minimum atomic E-state index is -0.528. The van der Waals surface area contributed by atoms with Crippen molar-refractivity contribution in [2.24, 2.45) is 0 Å². The van der Waals surface area contributed by atoms with E-state index in [0.717, 1.165) is 11.3 Å². The van der Waals surface area contributed by atoms with Gasteiger partial charge in [-0.25, -0.2) is 9.59 Å². The Labute approximate surface area is 96.9 Å². The number of esters is 2. The lowest BCUT2D eigenvalue weighted by molar-refractivity contribution is 0.0596. The highest BCUT2D eigenvalue weighted by atomic mass is 32.1. The first-order valence-corrected chi connectivity index (χ1v) is 5.22. The van der Waals surface area contributed by atoms with Crippen LogP contribution in [0.4, 0.5) is 0 Å². The van der Waals surface area contributed by atoms with Crippen LogP contribution >= 0.6 is 11.3 Å². The van der Waals surface area contributed by atoms with E-state index in [1.54, 1.807) is 6.92 Å². The SMILES string of the molecule is COC(=O)c1sc(C(=O)OC)c(OC)c1C. The Hall–Kier alpha value is -1.56. The molecule has 0 radical (unpaired) electrons. The molecular weight excluding hydrogens is 232 g/mol. The largest absolute Gasteiger partial charge is 0.495 e. The van der Waals surface area contributed by atoms with E-state index < -0.39 is 11.9 Å². The molecule has 0 aliphatic rings. The molecule has 0 aromatic carbocycles. The van der Waals surface area contributed by atoms with Crippen LogP contribution in [0.1, 0.15) is 24.9 Å². The lowest BCUT2D eigenvalue weighted by atomic mass is 10.2. The molecule has 1 aromatic heterocycles. The van der Waals surface area contributed by atoms with E-state index in [1.807, 2.05) is 0 Å². The number of carbonyl (C=O) groups excluding carboxylic acids is 2. The minimum absolute atomic E-state index is 0.267. The highest BCUT2D eigenvalue weighted by Gasteiger charge is 2.25. The van der Waals surface area contributed by atoms with Crippen molar-refractivity contribution in [1.82, 2.24) is 0 Å². The zero-order valence-corrected chi connectivity index (χ0v) is 10.3. The second-order valence-corrected chi connectivity index (χ2v) is 3.92. The maximum Gasteiger partial charge on any atom is 0.351 e. The summed E-state index contributed by atoms with van der Waals surface area (Å²) in [6, 6.07) is 0. The summed E-state index contributed by atoms with van der Waals surface area (Å²) in [5.74, 6) is -0.659. The van der Waals surface area contributed by atoms with Gasteiger partial charge in [0.2, 0.25) is 0 Å². The van der Waals surface area contributed by atoms with Crippen molar-refractivity contribution in [1.29, 1.82) is 0 Å². The summed E-state index contributed by atoms with van der Waals surface area (Å²) in [5, 5.41) is 0. The standard InChI is InChI=1S/C10H12O5S/c1-5-6(13-2)8(10(12)15-4)16-7(5)9(11)14-3/h1-4H3. The molecule has 0 spiro atoms. The third kappa shape index (κ3) is 2.01. The van der Waals surface area contributed by atoms with Crippen molar-refractivity contribution >= 4 is 23.3 Å². The molecule has 0 atom stereocenters. The van der Waals surface area contributed by atoms with Crippen LogP contribution in [0.3, 0.4) is 0 Å². The fraction of sp³-hybridized carbons (Fsp3) is 0.400. The number of methoxy groups -OCH3 is 3. The molecule has 0 N–H and O–H groups in total. The van der Waals surface area contributed by atoms with Gasteiger partial charge in [-0.15, -0.1) is 11.3 Å². The first-order valence-electron chi connectivity index (χ1n) is 4.40. The average molecular weight is 244 g/mol. The number of hydrogen-bond donors (Lipinski definition) is 0. The molecule has 0 unspecified atom stereocenters. The highest BCUT2D eigenvalue weighted by molar-refractivity contribution is 7.16. The van der Waals surface area contributed by atoms with Crippen molar-refractivity contribution in [3.05, 3.63) is 15.3 Å². The molecule has 0 amide bonds. The van der Waals surface area contributed by atoms with Crippen molar-refractivity contribution < 1.29 is 23.8 Å². The van der Waals surface area contributed by atoms with Gasteiger partial charge in [0.05, 0.1) is 21.3 Å². The van der Waals surface area contributed by atoms with Gasteiger partial charge >= 0.3 is 11.9 Å². The summed E-state index contributed by atoms with van der Waals surface area (Å²) in [6.45, 7) is 1.69. The van der Waals surface area contributed by atoms with Gasteiger partial charge in [-0.05, 0) is 6.92 Å². The first kappa shape index (κ1) is 12.5. The molecule has 6 heteroatoms. The van der Waals surface area contributed by atoms with Crippen LogP contribution in [0.2, 0.25) is 0 Å². The predicted molar refractivity (Wildman–Crippen MR) is 58.3 cm³/mol. The van der Waals surface area contributed by atoms with E-state index in [1.165, 1.54) is 21.3 Å². The van der Waals surface area contributed by atoms with Crippen LogP contribution in [0.5, 0.6) is 5.75 Å². The number of carbonyl (C=O) groups is 2. The Morgan fingerprint density at radius 3 is 1.94 bits per heavy atom. The second kappa shape index (κ2) is 4.98. The van der Waals surface area contributed by atoms with Crippen LogP contribution in [0.25, 0.3) is 0 Å². The summed E-state index contributed by atoms with van der Waals surface area (Å²) >= 11 is 1.00. The van der Waals surface area contributed by atoms with E-state index in [0.29, 0.717) is 16.2 Å². The summed E-state index contributed by atoms with van der Waals surface area (Å²) in [4.78, 5) is 23.4. The van der Waals surface area contributed by atoms with Gasteiger partial charge in [-0.1, -0.05) is 0 Å². The number of rotatable bonds is 3. The zero-order chi connectivity index (χ0) is 12.3. The number of ether oxygens (including phenoxy) is 3. The Kier molecular flexibility index (Phi) is 3.89. The highest BCUT2D eigenvalue weighted by Crippen LogP contribution is 2.35. The molecule has 1 rings (SSSR count). The quantitative estimate of drug-likeness (QED) is 0.756. The molecule has 0 saturated heterocycles. The van der Waals surface area contributed by atoms with Gasteiger partial charge in [0, 0.05) is 5.56 Å². The fourth-order valence-corrected chi connectivity index (χ4v) is 2.37. The van der Waals surface area contributed by atoms with Gasteiger partial charge in [0.1, 0.15) is 10.6 Å². The lowest BCUT2D eigenvalue weighted by Gasteiger charge is -2.01. The fourth-order valence-electron chi connectivity index (χ4n) is 1.26. The molecular formula is C10H12O5S. The number of thiophene rings is 1. The second-order valence-electron chi connectivity index (χ2n) is 2.90. The van der Waals surface area contributed by atoms with Crippen molar-refractivity contribution in [3.63, 3.8) is 0 Å². The molecule has 1 aromatic rings. The van der Waals surface area contributed by atoms with Crippen LogP contribution in [-0.4, -0.2) is 33.3 Å². The van der Waals surface area contributed by atoms with E-state index in [-0.39, 0.29) is 4.88 Å². The van der Waals surface area contributed by atoms with Crippen LogP contribution in [-0.2, 0) is 9.47 Å². The van der Waals surface area contributed by atoms with Gasteiger partial charge in [-0.2, -0.15) is 0 Å². The van der Waals surface area contributed by atoms with Crippen molar-refractivity contribution in [2.75, 3.05) is 21.3 Å². The number of hydrogen-bond acceptors (Lipinski definition) is 6. The first-order chi connectivity index (χ1) is 7.56. The third-order valence-electron chi connectivity index (χ3n) is 2.04. The molecule has 0 aliphatic carbocycles. The molecule has 0 fully saturated rings. The van der Waals surface area contributed by atoms with Crippen LogP contribution in [0.15, 0.2) is 0 Å². The van der Waals surface area contributed by atoms with Gasteiger partial charge < -0.3 is 14.2 Å². The van der Waals surface area contributed by atoms with Gasteiger partial charge in [0.25, 0.3) is 0 Å². The Morgan fingerprint density at radius 2 is 1.50 bits per heavy atom. The molecule has 0 aliphatic heterocycles. The summed E-state index contributed by atoms with van der Waals surface area (Å²) in [5.41, 5.74) is 0.583. The molecule has 88 valence electrons. The van der Waals surface area contributed by atoms with Crippen LogP contribution < -0.4 is 4.74 Å². The van der Waals surface area contributed by atoms with Crippen molar-refractivity contribution in [3.8, 4) is 5.75 Å². The topological polar surface area (TPSA) is 61.8 Å². The van der Waals surface area contributed by atoms with E-state index in [2.05, 4.69) is 9.47 Å². The summed E-state index contributed by atoms with van der Waals surface area (Å²) in [7, 11) is 3.99. The normalized spacial score (nSPS) is 9.75. The van der Waals surface area contributed by atoms with Crippen molar-refractivity contribution in [2.45, 2.75) is 6.92 Å². The molecule has 16 heavy (non-hydrogen) atoms. The summed E-state index contributed by atoms with van der Waals surface area (Å²) < 4.78 is 14.3. The molecule has 0 bridgehead atoms. The molecule has 5 nitrogen and oxygen atoms in total. The monoisotopic (exact) mass is 244 g/mol. The average Bonchev–Trinajstić information content (AvgIpc) is 2.64. The molecule has 0 saturated carbocycles. The lowest BCUT2D eigenvalue weighted by Crippen LogP contribution is -2.00. The van der Waals surface area contributed by atoms with E-state index >= 15 is 0 Å². The van der Waals surface area contributed by atoms with E-state index in [9.17, 15) is 9.59 Å². The van der Waals surface area contributed by atoms with Gasteiger partial charge in [-0.3, -0.25) is 0 Å². The predicted octanol–water partition coefficient (Wildman–Crippen LogP) is 1.64. The Balaban J connectivity index is 3.30. The van der Waals surface area contributed by atoms with Gasteiger partial charge in [0.15, 0.2) is 4.88 Å². The zero-order valence-electron chi connectivity index (χ0n) is 9.45.